The standard InChI is InChI=1S/C18H26FN3O3/c1-13(14-5-7-15(19)8-6-14)20-16(23)21-9-11-22(12-10-21)17(24)25-18(2,3)4/h5-8,13H,9-12H2,1-4H3,(H,20,23). The molecule has 1 aromatic rings. The highest BCUT2D eigenvalue weighted by Crippen LogP contribution is 2.15. The van der Waals surface area contributed by atoms with Gasteiger partial charge in [-0.05, 0) is 45.4 Å². The molecular formula is C18H26FN3O3. The largest absolute Gasteiger partial charge is 0.444 e. The third kappa shape index (κ3) is 5.62. The summed E-state index contributed by atoms with van der Waals surface area (Å²) < 4.78 is 18.3. The van der Waals surface area contributed by atoms with Gasteiger partial charge in [-0.15, -0.1) is 0 Å². The molecule has 138 valence electrons. The number of ether oxygens (including phenoxy) is 1. The average Bonchev–Trinajstić information content (AvgIpc) is 2.54. The Hall–Kier alpha value is -2.31. The number of benzene rings is 1. The molecule has 1 fully saturated rings. The lowest BCUT2D eigenvalue weighted by molar-refractivity contribution is 0.0169. The van der Waals surface area contributed by atoms with E-state index in [1.54, 1.807) is 21.9 Å². The van der Waals surface area contributed by atoms with E-state index in [-0.39, 0.29) is 24.0 Å². The van der Waals surface area contributed by atoms with E-state index in [1.807, 2.05) is 27.7 Å². The van der Waals surface area contributed by atoms with Crippen molar-refractivity contribution in [1.29, 1.82) is 0 Å². The van der Waals surface area contributed by atoms with Crippen molar-refractivity contribution in [2.45, 2.75) is 39.3 Å². The highest BCUT2D eigenvalue weighted by molar-refractivity contribution is 5.75. The van der Waals surface area contributed by atoms with Crippen LogP contribution in [-0.4, -0.2) is 53.7 Å². The number of amides is 3. The predicted octanol–water partition coefficient (Wildman–Crippen LogP) is 3.15. The molecular weight excluding hydrogens is 325 g/mol. The molecule has 1 N–H and O–H groups in total. The van der Waals surface area contributed by atoms with Crippen LogP contribution in [0.4, 0.5) is 14.0 Å². The van der Waals surface area contributed by atoms with Gasteiger partial charge in [-0.25, -0.2) is 14.0 Å². The molecule has 0 saturated carbocycles. The van der Waals surface area contributed by atoms with Gasteiger partial charge in [0.05, 0.1) is 6.04 Å². The van der Waals surface area contributed by atoms with Gasteiger partial charge in [0, 0.05) is 26.2 Å². The second kappa shape index (κ2) is 7.72. The first-order valence-corrected chi connectivity index (χ1v) is 8.44. The molecule has 1 aromatic carbocycles. The molecule has 0 aliphatic carbocycles. The minimum Gasteiger partial charge on any atom is -0.444 e. The van der Waals surface area contributed by atoms with Crippen LogP contribution >= 0.6 is 0 Å². The van der Waals surface area contributed by atoms with Crippen molar-refractivity contribution >= 4 is 12.1 Å². The highest BCUT2D eigenvalue weighted by Gasteiger charge is 2.28. The van der Waals surface area contributed by atoms with Crippen molar-refractivity contribution in [2.24, 2.45) is 0 Å². The number of halogens is 1. The smallest absolute Gasteiger partial charge is 0.410 e. The number of carbonyl (C=O) groups excluding carboxylic acids is 2. The lowest BCUT2D eigenvalue weighted by Crippen LogP contribution is -2.54. The van der Waals surface area contributed by atoms with Crippen molar-refractivity contribution in [2.75, 3.05) is 26.2 Å². The Morgan fingerprint density at radius 3 is 2.12 bits per heavy atom. The van der Waals surface area contributed by atoms with Gasteiger partial charge in [-0.1, -0.05) is 12.1 Å². The Kier molecular flexibility index (Phi) is 5.87. The molecule has 1 heterocycles. The van der Waals surface area contributed by atoms with Gasteiger partial charge in [-0.3, -0.25) is 0 Å². The fourth-order valence-corrected chi connectivity index (χ4v) is 2.53. The Bertz CT molecular complexity index is 605. The fraction of sp³-hybridized carbons (Fsp3) is 0.556. The minimum atomic E-state index is -0.532. The maximum Gasteiger partial charge on any atom is 0.410 e. The molecule has 1 aliphatic heterocycles. The highest BCUT2D eigenvalue weighted by atomic mass is 19.1. The summed E-state index contributed by atoms with van der Waals surface area (Å²) in [6.45, 7) is 9.09. The molecule has 0 bridgehead atoms. The third-order valence-corrected chi connectivity index (χ3v) is 3.93. The number of hydrogen-bond acceptors (Lipinski definition) is 3. The zero-order valence-electron chi connectivity index (χ0n) is 15.2. The van der Waals surface area contributed by atoms with Crippen molar-refractivity contribution in [1.82, 2.24) is 15.1 Å². The number of hydrogen-bond donors (Lipinski definition) is 1. The summed E-state index contributed by atoms with van der Waals surface area (Å²) in [7, 11) is 0. The zero-order chi connectivity index (χ0) is 18.6. The van der Waals surface area contributed by atoms with Crippen molar-refractivity contribution in [3.8, 4) is 0 Å². The normalized spacial score (nSPS) is 16.4. The van der Waals surface area contributed by atoms with Gasteiger partial charge < -0.3 is 19.9 Å². The number of piperazine rings is 1. The third-order valence-electron chi connectivity index (χ3n) is 3.93. The van der Waals surface area contributed by atoms with Gasteiger partial charge in [0.2, 0.25) is 0 Å². The summed E-state index contributed by atoms with van der Waals surface area (Å²) in [4.78, 5) is 27.7. The van der Waals surface area contributed by atoms with E-state index in [9.17, 15) is 14.0 Å². The predicted molar refractivity (Wildman–Crippen MR) is 92.7 cm³/mol. The van der Waals surface area contributed by atoms with Gasteiger partial charge in [0.25, 0.3) is 0 Å². The molecule has 3 amide bonds. The van der Waals surface area contributed by atoms with E-state index in [0.717, 1.165) is 5.56 Å². The quantitative estimate of drug-likeness (QED) is 0.890. The molecule has 1 saturated heterocycles. The Morgan fingerprint density at radius 1 is 1.08 bits per heavy atom. The van der Waals surface area contributed by atoms with E-state index in [4.69, 9.17) is 4.74 Å². The van der Waals surface area contributed by atoms with E-state index < -0.39 is 5.60 Å². The SMILES string of the molecule is CC(NC(=O)N1CCN(C(=O)OC(C)(C)C)CC1)c1ccc(F)cc1. The first-order valence-electron chi connectivity index (χ1n) is 8.44. The van der Waals surface area contributed by atoms with Crippen molar-refractivity contribution in [3.63, 3.8) is 0 Å². The second-order valence-corrected chi connectivity index (χ2v) is 7.18. The fourth-order valence-electron chi connectivity index (χ4n) is 2.53. The molecule has 25 heavy (non-hydrogen) atoms. The van der Waals surface area contributed by atoms with Gasteiger partial charge >= 0.3 is 12.1 Å². The van der Waals surface area contributed by atoms with E-state index in [1.165, 1.54) is 12.1 Å². The van der Waals surface area contributed by atoms with Crippen LogP contribution in [0.1, 0.15) is 39.3 Å². The van der Waals surface area contributed by atoms with Crippen LogP contribution in [0.3, 0.4) is 0 Å². The number of nitrogens with one attached hydrogen (secondary N) is 1. The number of rotatable bonds is 2. The molecule has 0 spiro atoms. The van der Waals surface area contributed by atoms with Crippen LogP contribution in [0.2, 0.25) is 0 Å². The minimum absolute atomic E-state index is 0.194. The van der Waals surface area contributed by atoms with Crippen LogP contribution in [0.5, 0.6) is 0 Å². The molecule has 2 rings (SSSR count). The topological polar surface area (TPSA) is 61.9 Å². The lowest BCUT2D eigenvalue weighted by atomic mass is 10.1. The summed E-state index contributed by atoms with van der Waals surface area (Å²) in [5.74, 6) is -0.305. The van der Waals surface area contributed by atoms with Gasteiger partial charge in [0.1, 0.15) is 11.4 Å². The van der Waals surface area contributed by atoms with Crippen LogP contribution < -0.4 is 5.32 Å². The Morgan fingerprint density at radius 2 is 1.60 bits per heavy atom. The summed E-state index contributed by atoms with van der Waals surface area (Å²) in [5.41, 5.74) is 0.304. The first kappa shape index (κ1) is 19.0. The molecule has 1 atom stereocenters. The Balaban J connectivity index is 1.82. The Labute approximate surface area is 147 Å². The number of carbonyl (C=O) groups is 2. The van der Waals surface area contributed by atoms with Gasteiger partial charge in [0.15, 0.2) is 0 Å². The monoisotopic (exact) mass is 351 g/mol. The number of urea groups is 1. The molecule has 0 aromatic heterocycles. The van der Waals surface area contributed by atoms with Crippen molar-refractivity contribution < 1.29 is 18.7 Å². The zero-order valence-corrected chi connectivity index (χ0v) is 15.2. The lowest BCUT2D eigenvalue weighted by Gasteiger charge is -2.36. The molecule has 6 nitrogen and oxygen atoms in total. The molecule has 0 radical (unpaired) electrons. The van der Waals surface area contributed by atoms with Crippen LogP contribution in [0, 0.1) is 5.82 Å². The first-order chi connectivity index (χ1) is 11.7. The maximum absolute atomic E-state index is 13.0. The average molecular weight is 351 g/mol. The van der Waals surface area contributed by atoms with Crippen LogP contribution in [-0.2, 0) is 4.74 Å². The summed E-state index contributed by atoms with van der Waals surface area (Å²) in [6, 6.07) is 5.63. The molecule has 7 heteroatoms. The van der Waals surface area contributed by atoms with E-state index in [0.29, 0.717) is 26.2 Å². The summed E-state index contributed by atoms with van der Waals surface area (Å²) in [5, 5.41) is 2.90. The van der Waals surface area contributed by atoms with E-state index >= 15 is 0 Å². The maximum atomic E-state index is 13.0. The second-order valence-electron chi connectivity index (χ2n) is 7.18. The van der Waals surface area contributed by atoms with Crippen LogP contribution in [0.15, 0.2) is 24.3 Å². The van der Waals surface area contributed by atoms with Crippen LogP contribution in [0.25, 0.3) is 0 Å². The molecule has 1 unspecified atom stereocenters. The molecule has 1 aliphatic rings. The van der Waals surface area contributed by atoms with Crippen molar-refractivity contribution in [3.05, 3.63) is 35.6 Å². The summed E-state index contributed by atoms with van der Waals surface area (Å²) >= 11 is 0. The number of nitrogens with zero attached hydrogens (tertiary/aromatic N) is 2. The summed E-state index contributed by atoms with van der Waals surface area (Å²) in [6.07, 6.45) is -0.354. The van der Waals surface area contributed by atoms with Gasteiger partial charge in [-0.2, -0.15) is 0 Å². The van der Waals surface area contributed by atoms with E-state index in [2.05, 4.69) is 5.32 Å².